The second kappa shape index (κ2) is 5.68. The number of hydrogen-bond donors (Lipinski definition) is 1. The van der Waals surface area contributed by atoms with Crippen LogP contribution in [0.1, 0.15) is 35.9 Å². The van der Waals surface area contributed by atoms with Crippen molar-refractivity contribution in [2.75, 3.05) is 5.32 Å². The first-order chi connectivity index (χ1) is 9.79. The Morgan fingerprint density at radius 1 is 1.10 bits per heavy atom. The van der Waals surface area contributed by atoms with Gasteiger partial charge in [-0.2, -0.15) is 5.26 Å². The van der Waals surface area contributed by atoms with Crippen molar-refractivity contribution in [1.82, 2.24) is 0 Å². The number of hydrogen-bond acceptors (Lipinski definition) is 2. The summed E-state index contributed by atoms with van der Waals surface area (Å²) in [5.74, 6) is 0.642. The SMILES string of the molecule is N#CC(Nc1ccccc1Br)c1ccccc1C1CC1. The van der Waals surface area contributed by atoms with E-state index < -0.39 is 0 Å². The maximum atomic E-state index is 9.53. The maximum Gasteiger partial charge on any atom is 0.140 e. The van der Waals surface area contributed by atoms with Crippen LogP contribution in [-0.2, 0) is 0 Å². The van der Waals surface area contributed by atoms with Crippen molar-refractivity contribution in [3.8, 4) is 6.07 Å². The molecule has 3 heteroatoms. The van der Waals surface area contributed by atoms with Gasteiger partial charge in [0.1, 0.15) is 6.04 Å². The molecule has 0 saturated heterocycles. The van der Waals surface area contributed by atoms with Crippen LogP contribution in [-0.4, -0.2) is 0 Å². The van der Waals surface area contributed by atoms with Crippen LogP contribution in [0.15, 0.2) is 53.0 Å². The molecular formula is C17H15BrN2. The molecule has 1 unspecified atom stereocenters. The third-order valence-electron chi connectivity index (χ3n) is 3.63. The van der Waals surface area contributed by atoms with E-state index in [2.05, 4.69) is 45.5 Å². The van der Waals surface area contributed by atoms with Crippen molar-refractivity contribution in [2.24, 2.45) is 0 Å². The summed E-state index contributed by atoms with van der Waals surface area (Å²) in [4.78, 5) is 0. The van der Waals surface area contributed by atoms with Gasteiger partial charge in [-0.3, -0.25) is 0 Å². The van der Waals surface area contributed by atoms with Gasteiger partial charge in [-0.15, -0.1) is 0 Å². The van der Waals surface area contributed by atoms with Crippen molar-refractivity contribution in [3.05, 3.63) is 64.1 Å². The summed E-state index contributed by atoms with van der Waals surface area (Å²) in [5.41, 5.74) is 3.37. The Bertz CT molecular complexity index is 656. The van der Waals surface area contributed by atoms with Gasteiger partial charge in [-0.05, 0) is 57.9 Å². The monoisotopic (exact) mass is 326 g/mol. The van der Waals surface area contributed by atoms with Crippen LogP contribution in [0.4, 0.5) is 5.69 Å². The van der Waals surface area contributed by atoms with Gasteiger partial charge in [0.05, 0.1) is 6.07 Å². The Kier molecular flexibility index (Phi) is 3.75. The number of anilines is 1. The molecule has 1 aliphatic carbocycles. The molecule has 100 valence electrons. The molecule has 0 aromatic heterocycles. The van der Waals surface area contributed by atoms with Crippen LogP contribution >= 0.6 is 15.9 Å². The van der Waals surface area contributed by atoms with Gasteiger partial charge in [-0.25, -0.2) is 0 Å². The van der Waals surface area contributed by atoms with E-state index in [4.69, 9.17) is 0 Å². The van der Waals surface area contributed by atoms with Crippen molar-refractivity contribution in [3.63, 3.8) is 0 Å². The van der Waals surface area contributed by atoms with Gasteiger partial charge in [0.15, 0.2) is 0 Å². The third kappa shape index (κ3) is 2.71. The second-order valence-corrected chi connectivity index (χ2v) is 5.94. The van der Waals surface area contributed by atoms with Crippen molar-refractivity contribution >= 4 is 21.6 Å². The lowest BCUT2D eigenvalue weighted by atomic mass is 9.97. The number of benzene rings is 2. The molecule has 20 heavy (non-hydrogen) atoms. The minimum atomic E-state index is -0.314. The number of nitrogens with zero attached hydrogens (tertiary/aromatic N) is 1. The van der Waals surface area contributed by atoms with Crippen molar-refractivity contribution in [2.45, 2.75) is 24.8 Å². The summed E-state index contributed by atoms with van der Waals surface area (Å²) in [5, 5.41) is 12.9. The molecule has 1 atom stereocenters. The van der Waals surface area contributed by atoms with Crippen LogP contribution in [0.3, 0.4) is 0 Å². The topological polar surface area (TPSA) is 35.8 Å². The van der Waals surface area contributed by atoms with E-state index in [0.29, 0.717) is 5.92 Å². The molecule has 2 aromatic carbocycles. The Morgan fingerprint density at radius 2 is 1.80 bits per heavy atom. The zero-order chi connectivity index (χ0) is 13.9. The summed E-state index contributed by atoms with van der Waals surface area (Å²) in [6.45, 7) is 0. The lowest BCUT2D eigenvalue weighted by molar-refractivity contribution is 0.948. The molecule has 1 N–H and O–H groups in total. The standard InChI is InChI=1S/C17H15BrN2/c18-15-7-3-4-8-16(15)20-17(11-19)14-6-2-1-5-13(14)12-9-10-12/h1-8,12,17,20H,9-10H2. The minimum absolute atomic E-state index is 0.314. The van der Waals surface area contributed by atoms with Gasteiger partial charge in [-0.1, -0.05) is 36.4 Å². The highest BCUT2D eigenvalue weighted by molar-refractivity contribution is 9.10. The molecule has 0 spiro atoms. The van der Waals surface area contributed by atoms with Crippen molar-refractivity contribution in [1.29, 1.82) is 5.26 Å². The van der Waals surface area contributed by atoms with E-state index in [0.717, 1.165) is 15.7 Å². The van der Waals surface area contributed by atoms with Gasteiger partial charge in [0.2, 0.25) is 0 Å². The molecule has 1 aliphatic rings. The van der Waals surface area contributed by atoms with Crippen LogP contribution in [0, 0.1) is 11.3 Å². The fraction of sp³-hybridized carbons (Fsp3) is 0.235. The van der Waals surface area contributed by atoms with Gasteiger partial charge >= 0.3 is 0 Å². The van der Waals surface area contributed by atoms with Gasteiger partial charge < -0.3 is 5.32 Å². The first kappa shape index (κ1) is 13.2. The lowest BCUT2D eigenvalue weighted by Crippen LogP contribution is -2.11. The Balaban J connectivity index is 1.91. The number of nitrogens with one attached hydrogen (secondary N) is 1. The largest absolute Gasteiger partial charge is 0.365 e. The third-order valence-corrected chi connectivity index (χ3v) is 4.32. The fourth-order valence-corrected chi connectivity index (χ4v) is 2.85. The molecule has 0 amide bonds. The number of nitriles is 1. The molecule has 0 heterocycles. The highest BCUT2D eigenvalue weighted by atomic mass is 79.9. The predicted molar refractivity (Wildman–Crippen MR) is 84.5 cm³/mol. The quantitative estimate of drug-likeness (QED) is 0.857. The van der Waals surface area contributed by atoms with Crippen LogP contribution in [0.25, 0.3) is 0 Å². The molecule has 1 fully saturated rings. The van der Waals surface area contributed by atoms with Crippen LogP contribution in [0.5, 0.6) is 0 Å². The molecular weight excluding hydrogens is 312 g/mol. The van der Waals surface area contributed by atoms with Gasteiger partial charge in [0.25, 0.3) is 0 Å². The van der Waals surface area contributed by atoms with E-state index in [1.165, 1.54) is 18.4 Å². The Hall–Kier alpha value is -1.79. The number of rotatable bonds is 4. The first-order valence-electron chi connectivity index (χ1n) is 6.79. The van der Waals surface area contributed by atoms with Crippen molar-refractivity contribution < 1.29 is 0 Å². The van der Waals surface area contributed by atoms with E-state index in [1.54, 1.807) is 0 Å². The fourth-order valence-electron chi connectivity index (χ4n) is 2.45. The molecule has 2 aromatic rings. The zero-order valence-electron chi connectivity index (χ0n) is 11.0. The normalized spacial score (nSPS) is 15.4. The van der Waals surface area contributed by atoms with Crippen LogP contribution in [0.2, 0.25) is 0 Å². The summed E-state index contributed by atoms with van der Waals surface area (Å²) >= 11 is 3.51. The average molecular weight is 327 g/mol. The molecule has 0 bridgehead atoms. The zero-order valence-corrected chi connectivity index (χ0v) is 12.6. The van der Waals surface area contributed by atoms with E-state index in [-0.39, 0.29) is 6.04 Å². The van der Waals surface area contributed by atoms with E-state index in [1.807, 2.05) is 30.3 Å². The maximum absolute atomic E-state index is 9.53. The van der Waals surface area contributed by atoms with Gasteiger partial charge in [0, 0.05) is 10.2 Å². The molecule has 1 saturated carbocycles. The Labute approximate surface area is 127 Å². The first-order valence-corrected chi connectivity index (χ1v) is 7.58. The highest BCUT2D eigenvalue weighted by Crippen LogP contribution is 2.43. The Morgan fingerprint density at radius 3 is 2.50 bits per heavy atom. The van der Waals surface area contributed by atoms with E-state index >= 15 is 0 Å². The molecule has 0 radical (unpaired) electrons. The average Bonchev–Trinajstić information content (AvgIpc) is 3.31. The lowest BCUT2D eigenvalue weighted by Gasteiger charge is -2.17. The predicted octanol–water partition coefficient (Wildman–Crippen LogP) is 5.00. The summed E-state index contributed by atoms with van der Waals surface area (Å²) in [6, 6.07) is 18.2. The molecule has 3 rings (SSSR count). The molecule has 2 nitrogen and oxygen atoms in total. The number of para-hydroxylation sites is 1. The van der Waals surface area contributed by atoms with E-state index in [9.17, 15) is 5.26 Å². The summed E-state index contributed by atoms with van der Waals surface area (Å²) < 4.78 is 0.976. The second-order valence-electron chi connectivity index (χ2n) is 5.09. The molecule has 0 aliphatic heterocycles. The smallest absolute Gasteiger partial charge is 0.140 e. The summed E-state index contributed by atoms with van der Waals surface area (Å²) in [7, 11) is 0. The van der Waals surface area contributed by atoms with Crippen LogP contribution < -0.4 is 5.32 Å². The summed E-state index contributed by atoms with van der Waals surface area (Å²) in [6.07, 6.45) is 2.48. The highest BCUT2D eigenvalue weighted by Gasteiger charge is 2.28. The minimum Gasteiger partial charge on any atom is -0.365 e. The number of halogens is 1.